The van der Waals surface area contributed by atoms with Crippen LogP contribution in [0.15, 0.2) is 23.7 Å². The van der Waals surface area contributed by atoms with Gasteiger partial charge in [0.15, 0.2) is 0 Å². The number of rotatable bonds is 7. The maximum Gasteiger partial charge on any atom is 0.303 e. The molecule has 2 rings (SSSR count). The van der Waals surface area contributed by atoms with Crippen molar-refractivity contribution in [2.75, 3.05) is 11.9 Å². The van der Waals surface area contributed by atoms with Crippen LogP contribution in [-0.4, -0.2) is 22.6 Å². The number of nitrogens with one attached hydrogen (secondary N) is 1. The molecule has 0 aliphatic carbocycles. The lowest BCUT2D eigenvalue weighted by molar-refractivity contribution is -0.137. The highest BCUT2D eigenvalue weighted by molar-refractivity contribution is 7.17. The number of thiophene rings is 1. The molecule has 0 saturated heterocycles. The molecule has 102 valence electrons. The van der Waals surface area contributed by atoms with E-state index in [1.807, 2.05) is 12.3 Å². The first-order valence-corrected chi connectivity index (χ1v) is 7.32. The SMILES string of the molecule is CC(CCNc1nccc2sccc12)CCC(=O)O. The summed E-state index contributed by atoms with van der Waals surface area (Å²) in [6.07, 6.45) is 3.75. The molecule has 2 aromatic heterocycles. The third kappa shape index (κ3) is 3.92. The van der Waals surface area contributed by atoms with Gasteiger partial charge in [-0.3, -0.25) is 4.79 Å². The summed E-state index contributed by atoms with van der Waals surface area (Å²) in [7, 11) is 0. The summed E-state index contributed by atoms with van der Waals surface area (Å²) in [6, 6.07) is 4.09. The van der Waals surface area contributed by atoms with Gasteiger partial charge in [0.25, 0.3) is 0 Å². The molecule has 0 amide bonds. The number of aromatic nitrogens is 1. The standard InChI is InChI=1S/C14H18N2O2S/c1-10(2-3-13(17)18)4-7-15-14-11-6-9-19-12(11)5-8-16-14/h5-6,8-10H,2-4,7H2,1H3,(H,15,16)(H,17,18). The highest BCUT2D eigenvalue weighted by Gasteiger charge is 2.07. The molecular weight excluding hydrogens is 260 g/mol. The van der Waals surface area contributed by atoms with E-state index in [4.69, 9.17) is 5.11 Å². The first-order chi connectivity index (χ1) is 9.16. The van der Waals surface area contributed by atoms with Crippen molar-refractivity contribution in [3.63, 3.8) is 0 Å². The number of carboxylic acids is 1. The van der Waals surface area contributed by atoms with Crippen molar-refractivity contribution in [2.45, 2.75) is 26.2 Å². The second kappa shape index (κ2) is 6.52. The van der Waals surface area contributed by atoms with Crippen molar-refractivity contribution in [3.05, 3.63) is 23.7 Å². The number of anilines is 1. The molecular formula is C14H18N2O2S. The third-order valence-electron chi connectivity index (χ3n) is 3.16. The Kier molecular flexibility index (Phi) is 4.74. The Hall–Kier alpha value is -1.62. The zero-order valence-electron chi connectivity index (χ0n) is 10.9. The van der Waals surface area contributed by atoms with Gasteiger partial charge in [-0.2, -0.15) is 0 Å². The topological polar surface area (TPSA) is 62.2 Å². The van der Waals surface area contributed by atoms with Crippen LogP contribution in [0.3, 0.4) is 0 Å². The molecule has 1 atom stereocenters. The normalized spacial score (nSPS) is 12.5. The zero-order chi connectivity index (χ0) is 13.7. The van der Waals surface area contributed by atoms with Gasteiger partial charge in [0.05, 0.1) is 0 Å². The maximum atomic E-state index is 10.5. The smallest absolute Gasteiger partial charge is 0.303 e. The molecule has 2 N–H and O–H groups in total. The molecule has 0 saturated carbocycles. The van der Waals surface area contributed by atoms with Crippen LogP contribution in [-0.2, 0) is 4.79 Å². The summed E-state index contributed by atoms with van der Waals surface area (Å²) in [5.41, 5.74) is 0. The van der Waals surface area contributed by atoms with E-state index in [2.05, 4.69) is 28.7 Å². The third-order valence-corrected chi connectivity index (χ3v) is 4.04. The minimum Gasteiger partial charge on any atom is -0.481 e. The highest BCUT2D eigenvalue weighted by Crippen LogP contribution is 2.25. The van der Waals surface area contributed by atoms with Gasteiger partial charge in [-0.05, 0) is 36.3 Å². The van der Waals surface area contributed by atoms with Gasteiger partial charge < -0.3 is 10.4 Å². The lowest BCUT2D eigenvalue weighted by atomic mass is 10.0. The molecule has 1 unspecified atom stereocenters. The van der Waals surface area contributed by atoms with Crippen LogP contribution in [0.4, 0.5) is 5.82 Å². The Labute approximate surface area is 116 Å². The van der Waals surface area contributed by atoms with Crippen LogP contribution in [0.2, 0.25) is 0 Å². The van der Waals surface area contributed by atoms with E-state index in [1.165, 1.54) is 4.70 Å². The monoisotopic (exact) mass is 278 g/mol. The number of nitrogens with zero attached hydrogens (tertiary/aromatic N) is 1. The molecule has 19 heavy (non-hydrogen) atoms. The fourth-order valence-electron chi connectivity index (χ4n) is 1.99. The molecule has 0 aliphatic rings. The van der Waals surface area contributed by atoms with E-state index in [-0.39, 0.29) is 6.42 Å². The fraction of sp³-hybridized carbons (Fsp3) is 0.429. The van der Waals surface area contributed by atoms with Crippen LogP contribution in [0.1, 0.15) is 26.2 Å². The summed E-state index contributed by atoms with van der Waals surface area (Å²) >= 11 is 1.71. The minimum atomic E-state index is -0.718. The van der Waals surface area contributed by atoms with Gasteiger partial charge >= 0.3 is 5.97 Å². The Morgan fingerprint density at radius 3 is 3.11 bits per heavy atom. The summed E-state index contributed by atoms with van der Waals surface area (Å²) < 4.78 is 1.23. The summed E-state index contributed by atoms with van der Waals surface area (Å²) in [4.78, 5) is 14.8. The largest absolute Gasteiger partial charge is 0.481 e. The first kappa shape index (κ1) is 13.8. The van der Waals surface area contributed by atoms with E-state index >= 15 is 0 Å². The summed E-state index contributed by atoms with van der Waals surface area (Å²) in [5.74, 6) is 0.610. The maximum absolute atomic E-state index is 10.5. The molecule has 2 aromatic rings. The molecule has 0 aliphatic heterocycles. The highest BCUT2D eigenvalue weighted by atomic mass is 32.1. The Morgan fingerprint density at radius 1 is 1.47 bits per heavy atom. The molecule has 0 radical (unpaired) electrons. The van der Waals surface area contributed by atoms with E-state index in [0.717, 1.165) is 30.6 Å². The van der Waals surface area contributed by atoms with E-state index in [9.17, 15) is 4.79 Å². The quantitative estimate of drug-likeness (QED) is 0.812. The second-order valence-electron chi connectivity index (χ2n) is 4.75. The number of pyridine rings is 1. The van der Waals surface area contributed by atoms with Crippen LogP contribution < -0.4 is 5.32 Å². The van der Waals surface area contributed by atoms with Crippen molar-refractivity contribution in [1.82, 2.24) is 4.98 Å². The molecule has 0 fully saturated rings. The molecule has 5 heteroatoms. The van der Waals surface area contributed by atoms with E-state index in [1.54, 1.807) is 11.3 Å². The number of carbonyl (C=O) groups is 1. The zero-order valence-corrected chi connectivity index (χ0v) is 11.7. The van der Waals surface area contributed by atoms with Crippen LogP contribution in [0, 0.1) is 5.92 Å². The van der Waals surface area contributed by atoms with Crippen molar-refractivity contribution >= 4 is 33.2 Å². The van der Waals surface area contributed by atoms with Gasteiger partial charge in [-0.25, -0.2) is 4.98 Å². The summed E-state index contributed by atoms with van der Waals surface area (Å²) in [5, 5.41) is 15.2. The van der Waals surface area contributed by atoms with Crippen molar-refractivity contribution < 1.29 is 9.90 Å². The molecule has 2 heterocycles. The average molecular weight is 278 g/mol. The number of aliphatic carboxylic acids is 1. The lowest BCUT2D eigenvalue weighted by Gasteiger charge is -2.11. The fourth-order valence-corrected chi connectivity index (χ4v) is 2.77. The molecule has 0 spiro atoms. The van der Waals surface area contributed by atoms with Gasteiger partial charge in [0.1, 0.15) is 5.82 Å². The van der Waals surface area contributed by atoms with Crippen LogP contribution in [0.25, 0.3) is 10.1 Å². The van der Waals surface area contributed by atoms with Crippen molar-refractivity contribution in [1.29, 1.82) is 0 Å². The second-order valence-corrected chi connectivity index (χ2v) is 5.69. The van der Waals surface area contributed by atoms with Crippen LogP contribution in [0.5, 0.6) is 0 Å². The predicted octanol–water partition coefficient (Wildman–Crippen LogP) is 3.60. The van der Waals surface area contributed by atoms with E-state index < -0.39 is 5.97 Å². The van der Waals surface area contributed by atoms with E-state index in [0.29, 0.717) is 5.92 Å². The predicted molar refractivity (Wildman–Crippen MR) is 78.8 cm³/mol. The average Bonchev–Trinajstić information content (AvgIpc) is 2.85. The van der Waals surface area contributed by atoms with Crippen molar-refractivity contribution in [3.8, 4) is 0 Å². The summed E-state index contributed by atoms with van der Waals surface area (Å²) in [6.45, 7) is 2.91. The van der Waals surface area contributed by atoms with Gasteiger partial charge in [0.2, 0.25) is 0 Å². The number of carboxylic acid groups (broad SMARTS) is 1. The van der Waals surface area contributed by atoms with Crippen molar-refractivity contribution in [2.24, 2.45) is 5.92 Å². The Bertz CT molecular complexity index is 553. The first-order valence-electron chi connectivity index (χ1n) is 6.44. The number of hydrogen-bond acceptors (Lipinski definition) is 4. The van der Waals surface area contributed by atoms with Gasteiger partial charge in [0, 0.05) is 29.2 Å². The van der Waals surface area contributed by atoms with Gasteiger partial charge in [-0.15, -0.1) is 11.3 Å². The minimum absolute atomic E-state index is 0.250. The Morgan fingerprint density at radius 2 is 2.32 bits per heavy atom. The number of hydrogen-bond donors (Lipinski definition) is 2. The lowest BCUT2D eigenvalue weighted by Crippen LogP contribution is -2.09. The van der Waals surface area contributed by atoms with Crippen LogP contribution >= 0.6 is 11.3 Å². The number of fused-ring (bicyclic) bond motifs is 1. The molecule has 4 nitrogen and oxygen atoms in total. The Balaban J connectivity index is 1.82. The van der Waals surface area contributed by atoms with Gasteiger partial charge in [-0.1, -0.05) is 6.92 Å². The molecule has 0 aromatic carbocycles. The molecule has 0 bridgehead atoms.